The topological polar surface area (TPSA) is 101 Å². The summed E-state index contributed by atoms with van der Waals surface area (Å²) < 4.78 is 52.1. The Hall–Kier alpha value is -1.68. The van der Waals surface area contributed by atoms with Crippen LogP contribution in [0.3, 0.4) is 0 Å². The van der Waals surface area contributed by atoms with Crippen LogP contribution in [0.15, 0.2) is 30.5 Å². The van der Waals surface area contributed by atoms with Crippen molar-refractivity contribution in [2.45, 2.75) is 29.1 Å². The molecule has 7 nitrogen and oxygen atoms in total. The number of Topliss-reactive ketones (excluding diaryl/α,β-unsaturated/α-hetero) is 1. The number of carbonyl (C=O) groups is 1. The molecule has 11 heteroatoms. The van der Waals surface area contributed by atoms with Gasteiger partial charge < -0.3 is 0 Å². The highest BCUT2D eigenvalue weighted by atomic mass is 35.5. The number of pyridine rings is 1. The summed E-state index contributed by atoms with van der Waals surface area (Å²) in [4.78, 5) is 17.0. The summed E-state index contributed by atoms with van der Waals surface area (Å²) in [6, 6.07) is 5.81. The van der Waals surface area contributed by atoms with E-state index < -0.39 is 36.1 Å². The van der Waals surface area contributed by atoms with Gasteiger partial charge >= 0.3 is 0 Å². The lowest BCUT2D eigenvalue weighted by atomic mass is 10.0. The van der Waals surface area contributed by atoms with Crippen LogP contribution in [0, 0.1) is 0 Å². The van der Waals surface area contributed by atoms with Crippen molar-refractivity contribution in [1.29, 1.82) is 0 Å². The predicted octanol–water partition coefficient (Wildman–Crippen LogP) is 3.17. The summed E-state index contributed by atoms with van der Waals surface area (Å²) in [6.45, 7) is 0. The molecule has 2 heterocycles. The van der Waals surface area contributed by atoms with Crippen molar-refractivity contribution in [2.24, 2.45) is 0 Å². The average Bonchev–Trinajstić information content (AvgIpc) is 3.48. The van der Waals surface area contributed by atoms with Gasteiger partial charge in [-0.1, -0.05) is 35.3 Å². The first-order chi connectivity index (χ1) is 13.6. The van der Waals surface area contributed by atoms with Crippen LogP contribution in [0.5, 0.6) is 0 Å². The number of rotatable bonds is 4. The lowest BCUT2D eigenvalue weighted by Gasteiger charge is -2.27. The average molecular weight is 475 g/mol. The minimum atomic E-state index is -3.94. The first-order valence-corrected chi connectivity index (χ1v) is 12.7. The highest BCUT2D eigenvalue weighted by molar-refractivity contribution is 7.93. The molecule has 0 N–H and O–H groups in total. The first kappa shape index (κ1) is 20.6. The first-order valence-electron chi connectivity index (χ1n) is 8.71. The predicted molar refractivity (Wildman–Crippen MR) is 111 cm³/mol. The molecule has 0 amide bonds. The van der Waals surface area contributed by atoms with Gasteiger partial charge in [0.1, 0.15) is 5.69 Å². The van der Waals surface area contributed by atoms with Crippen LogP contribution in [0.25, 0.3) is 0 Å². The van der Waals surface area contributed by atoms with Crippen LogP contribution in [0.4, 0.5) is 5.69 Å². The van der Waals surface area contributed by atoms with E-state index in [4.69, 9.17) is 23.2 Å². The van der Waals surface area contributed by atoms with Crippen LogP contribution in [0.2, 0.25) is 10.0 Å². The molecular formula is C18H16Cl2N2O5S2. The van der Waals surface area contributed by atoms with Gasteiger partial charge in [-0.05, 0) is 36.1 Å². The lowest BCUT2D eigenvalue weighted by molar-refractivity contribution is 0.0979. The van der Waals surface area contributed by atoms with Gasteiger partial charge in [-0.2, -0.15) is 0 Å². The fourth-order valence-electron chi connectivity index (χ4n) is 3.46. The van der Waals surface area contributed by atoms with Crippen LogP contribution in [0.1, 0.15) is 39.7 Å². The number of hydrogen-bond donors (Lipinski definition) is 0. The van der Waals surface area contributed by atoms with Crippen molar-refractivity contribution in [3.05, 3.63) is 57.3 Å². The number of halogens is 2. The zero-order chi connectivity index (χ0) is 21.1. The number of fused-ring (bicyclic) bond motifs is 1. The number of nitrogens with zero attached hydrogens (tertiary/aromatic N) is 2. The number of hydrogen-bond acceptors (Lipinski definition) is 6. The smallest absolute Gasteiger partial charge is 0.237 e. The Morgan fingerprint density at radius 2 is 1.86 bits per heavy atom. The quantitative estimate of drug-likeness (QED) is 0.674. The van der Waals surface area contributed by atoms with E-state index >= 15 is 0 Å². The van der Waals surface area contributed by atoms with E-state index in [0.717, 1.165) is 4.31 Å². The van der Waals surface area contributed by atoms with E-state index in [9.17, 15) is 21.6 Å². The van der Waals surface area contributed by atoms with Gasteiger partial charge in [0, 0.05) is 13.2 Å². The maximum Gasteiger partial charge on any atom is 0.237 e. The molecule has 1 saturated carbocycles. The molecule has 0 radical (unpaired) electrons. The van der Waals surface area contributed by atoms with Crippen molar-refractivity contribution in [2.75, 3.05) is 11.4 Å². The third-order valence-corrected chi connectivity index (χ3v) is 9.96. The van der Waals surface area contributed by atoms with Gasteiger partial charge in [-0.25, -0.2) is 16.8 Å². The summed E-state index contributed by atoms with van der Waals surface area (Å²) >= 11 is 12.7. The number of anilines is 1. The van der Waals surface area contributed by atoms with Gasteiger partial charge in [0.15, 0.2) is 15.1 Å². The van der Waals surface area contributed by atoms with Crippen LogP contribution < -0.4 is 4.31 Å². The van der Waals surface area contributed by atoms with E-state index in [1.165, 1.54) is 25.4 Å². The Morgan fingerprint density at radius 3 is 2.52 bits per heavy atom. The number of sulfone groups is 1. The molecule has 1 aromatic carbocycles. The molecule has 1 aromatic heterocycles. The van der Waals surface area contributed by atoms with Gasteiger partial charge in [0.25, 0.3) is 0 Å². The second-order valence-corrected chi connectivity index (χ2v) is 12.2. The van der Waals surface area contributed by atoms with Crippen LogP contribution >= 0.6 is 23.2 Å². The number of benzene rings is 1. The third kappa shape index (κ3) is 3.34. The van der Waals surface area contributed by atoms with Crippen molar-refractivity contribution in [3.63, 3.8) is 0 Å². The molecule has 29 heavy (non-hydrogen) atoms. The van der Waals surface area contributed by atoms with Gasteiger partial charge in [0.2, 0.25) is 15.8 Å². The maximum absolute atomic E-state index is 13.0. The zero-order valence-electron chi connectivity index (χ0n) is 15.2. The Kier molecular flexibility index (Phi) is 4.92. The Bertz CT molecular complexity index is 1240. The summed E-state index contributed by atoms with van der Waals surface area (Å²) in [5, 5.41) is -2.22. The van der Waals surface area contributed by atoms with Gasteiger partial charge in [-0.15, -0.1) is 0 Å². The van der Waals surface area contributed by atoms with E-state index in [1.807, 2.05) is 0 Å². The molecule has 1 aliphatic carbocycles. The minimum Gasteiger partial charge on any atom is -0.291 e. The largest absolute Gasteiger partial charge is 0.291 e. The molecule has 1 fully saturated rings. The Balaban J connectivity index is 1.87. The maximum atomic E-state index is 13.0. The summed E-state index contributed by atoms with van der Waals surface area (Å²) in [6.07, 6.45) is 2.50. The molecule has 4 rings (SSSR count). The molecule has 0 saturated heterocycles. The van der Waals surface area contributed by atoms with E-state index in [1.54, 1.807) is 12.1 Å². The van der Waals surface area contributed by atoms with E-state index in [2.05, 4.69) is 4.98 Å². The molecule has 0 spiro atoms. The van der Waals surface area contributed by atoms with Crippen LogP contribution in [-0.4, -0.2) is 39.9 Å². The fraction of sp³-hybridized carbons (Fsp3) is 0.333. The summed E-state index contributed by atoms with van der Waals surface area (Å²) in [5.41, 5.74) is 0.351. The second kappa shape index (κ2) is 6.94. The molecule has 1 atom stereocenters. The molecule has 1 unspecified atom stereocenters. The Labute approximate surface area is 178 Å². The van der Waals surface area contributed by atoms with E-state index in [0.29, 0.717) is 18.4 Å². The highest BCUT2D eigenvalue weighted by Crippen LogP contribution is 2.45. The summed E-state index contributed by atoms with van der Waals surface area (Å²) in [5.74, 6) is -1.06. The number of carbonyl (C=O) groups excluding carboxylic acids is 1. The number of aromatic nitrogens is 1. The molecule has 2 aliphatic rings. The lowest BCUT2D eigenvalue weighted by Crippen LogP contribution is -2.33. The monoisotopic (exact) mass is 474 g/mol. The molecule has 2 aromatic rings. The molecular weight excluding hydrogens is 459 g/mol. The zero-order valence-corrected chi connectivity index (χ0v) is 18.3. The van der Waals surface area contributed by atoms with Crippen molar-refractivity contribution < 1.29 is 21.6 Å². The van der Waals surface area contributed by atoms with Crippen LogP contribution in [-0.2, 0) is 25.6 Å². The van der Waals surface area contributed by atoms with Gasteiger partial charge in [-0.3, -0.25) is 14.1 Å². The second-order valence-electron chi connectivity index (χ2n) is 7.07. The minimum absolute atomic E-state index is 0.00906. The standard InChI is InChI=1S/C18H16Cl2N2O5S2/c1-22(29(26,27)11-4-5-11)16-13(19)7-6-12(14(16)20)18-17(23)15-10(3-2-8-21-15)9-28(18,24)25/h2-3,6-8,11,18H,4-5,9H2,1H3. The molecule has 1 aliphatic heterocycles. The van der Waals surface area contributed by atoms with Crippen molar-refractivity contribution in [3.8, 4) is 0 Å². The molecule has 0 bridgehead atoms. The number of sulfonamides is 1. The van der Waals surface area contributed by atoms with Crippen molar-refractivity contribution >= 4 is 54.5 Å². The van der Waals surface area contributed by atoms with E-state index in [-0.39, 0.29) is 32.7 Å². The molecule has 154 valence electrons. The normalized spacial score (nSPS) is 20.9. The van der Waals surface area contributed by atoms with Crippen molar-refractivity contribution in [1.82, 2.24) is 4.98 Å². The summed E-state index contributed by atoms with van der Waals surface area (Å²) in [7, 11) is -6.31. The highest BCUT2D eigenvalue weighted by Gasteiger charge is 2.44. The fourth-order valence-corrected chi connectivity index (χ4v) is 7.84. The SMILES string of the molecule is CN(c1c(Cl)ccc(C2C(=O)c3ncccc3CS2(=O)=O)c1Cl)S(=O)(=O)C1CC1. The Morgan fingerprint density at radius 1 is 1.17 bits per heavy atom. The third-order valence-electron chi connectivity index (χ3n) is 5.10. The van der Waals surface area contributed by atoms with Gasteiger partial charge in [0.05, 0.1) is 26.7 Å². The number of ketones is 1.